The zero-order chi connectivity index (χ0) is 13.1. The number of nitro benzene ring substituents is 1. The maximum absolute atomic E-state index is 12.4. The van der Waals surface area contributed by atoms with Crippen LogP contribution in [0.25, 0.3) is 0 Å². The normalized spacial score (nSPS) is 10.3. The van der Waals surface area contributed by atoms with Crippen LogP contribution in [0.3, 0.4) is 0 Å². The Morgan fingerprint density at radius 3 is 2.41 bits per heavy atom. The van der Waals surface area contributed by atoms with Gasteiger partial charge in [0.15, 0.2) is 6.29 Å². The van der Waals surface area contributed by atoms with Crippen molar-refractivity contribution < 1.29 is 22.9 Å². The molecule has 1 rings (SSSR count). The number of aldehydes is 1. The van der Waals surface area contributed by atoms with E-state index in [1.54, 1.807) is 0 Å². The lowest BCUT2D eigenvalue weighted by atomic mass is 10.1. The van der Waals surface area contributed by atoms with Gasteiger partial charge in [-0.3, -0.25) is 14.9 Å². The van der Waals surface area contributed by atoms with Gasteiger partial charge in [0.05, 0.1) is 10.5 Å². The van der Waals surface area contributed by atoms with Crippen molar-refractivity contribution in [3.8, 4) is 11.8 Å². The number of nitro groups is 1. The molecule has 0 saturated heterocycles. The van der Waals surface area contributed by atoms with Crippen molar-refractivity contribution in [3.05, 3.63) is 39.4 Å². The van der Waals surface area contributed by atoms with Gasteiger partial charge in [-0.2, -0.15) is 13.2 Å². The Bertz CT molecular complexity index is 526. The SMILES string of the molecule is O=CC#Cc1cc([N+](=O)[O-])cc(C(F)(F)F)c1. The van der Waals surface area contributed by atoms with Crippen LogP contribution in [-0.4, -0.2) is 11.2 Å². The molecular weight excluding hydrogens is 239 g/mol. The lowest BCUT2D eigenvalue weighted by Crippen LogP contribution is -2.06. The van der Waals surface area contributed by atoms with Crippen LogP contribution in [0.1, 0.15) is 11.1 Å². The Morgan fingerprint density at radius 2 is 1.94 bits per heavy atom. The topological polar surface area (TPSA) is 60.2 Å². The number of carbonyl (C=O) groups is 1. The van der Waals surface area contributed by atoms with E-state index in [9.17, 15) is 28.1 Å². The summed E-state index contributed by atoms with van der Waals surface area (Å²) in [6, 6.07) is 1.92. The van der Waals surface area contributed by atoms with Gasteiger partial charge in [-0.15, -0.1) is 0 Å². The Kier molecular flexibility index (Phi) is 3.48. The van der Waals surface area contributed by atoms with Crippen molar-refractivity contribution in [2.45, 2.75) is 6.18 Å². The Morgan fingerprint density at radius 1 is 1.29 bits per heavy atom. The second-order valence-electron chi connectivity index (χ2n) is 2.91. The molecule has 1 aromatic rings. The average molecular weight is 243 g/mol. The van der Waals surface area contributed by atoms with Crippen molar-refractivity contribution in [1.29, 1.82) is 0 Å². The van der Waals surface area contributed by atoms with Crippen LogP contribution < -0.4 is 0 Å². The van der Waals surface area contributed by atoms with Gasteiger partial charge < -0.3 is 0 Å². The lowest BCUT2D eigenvalue weighted by molar-refractivity contribution is -0.385. The number of nitrogens with zero attached hydrogens (tertiary/aromatic N) is 1. The highest BCUT2D eigenvalue weighted by atomic mass is 19.4. The number of alkyl halides is 3. The van der Waals surface area contributed by atoms with Crippen LogP contribution in [0, 0.1) is 22.0 Å². The Hall–Kier alpha value is -2.36. The molecule has 0 unspecified atom stereocenters. The second kappa shape index (κ2) is 4.65. The minimum absolute atomic E-state index is 0.187. The van der Waals surface area contributed by atoms with Gasteiger partial charge in [0.1, 0.15) is 0 Å². The number of halogens is 3. The summed E-state index contributed by atoms with van der Waals surface area (Å²) in [5.41, 5.74) is -2.14. The maximum Gasteiger partial charge on any atom is 0.416 e. The summed E-state index contributed by atoms with van der Waals surface area (Å²) in [7, 11) is 0. The molecule has 0 aliphatic rings. The fourth-order valence-electron chi connectivity index (χ4n) is 1.07. The quantitative estimate of drug-likeness (QED) is 0.328. The van der Waals surface area contributed by atoms with Crippen LogP contribution in [0.4, 0.5) is 18.9 Å². The van der Waals surface area contributed by atoms with E-state index in [2.05, 4.69) is 5.92 Å². The molecule has 1 aromatic carbocycles. The number of hydrogen-bond acceptors (Lipinski definition) is 3. The Balaban J connectivity index is 3.38. The van der Waals surface area contributed by atoms with Crippen molar-refractivity contribution in [3.63, 3.8) is 0 Å². The van der Waals surface area contributed by atoms with E-state index < -0.39 is 22.4 Å². The van der Waals surface area contributed by atoms with Crippen LogP contribution >= 0.6 is 0 Å². The highest BCUT2D eigenvalue weighted by Crippen LogP contribution is 2.32. The predicted octanol–water partition coefficient (Wildman–Crippen LogP) is 2.16. The minimum Gasteiger partial charge on any atom is -0.289 e. The third kappa shape index (κ3) is 3.31. The monoisotopic (exact) mass is 243 g/mol. The van der Waals surface area contributed by atoms with Gasteiger partial charge in [0.2, 0.25) is 0 Å². The number of rotatable bonds is 1. The molecule has 4 nitrogen and oxygen atoms in total. The first-order valence-corrected chi connectivity index (χ1v) is 4.16. The molecule has 0 spiro atoms. The summed E-state index contributed by atoms with van der Waals surface area (Å²) in [5, 5.41) is 10.4. The number of hydrogen-bond donors (Lipinski definition) is 0. The highest BCUT2D eigenvalue weighted by molar-refractivity contribution is 5.74. The standard InChI is InChI=1S/C10H4F3NO3/c11-10(12,13)8-4-7(2-1-3-15)5-9(6-8)14(16)17/h3-6H. The van der Waals surface area contributed by atoms with Gasteiger partial charge in [0, 0.05) is 17.7 Å². The van der Waals surface area contributed by atoms with Crippen molar-refractivity contribution in [2.75, 3.05) is 0 Å². The fraction of sp³-hybridized carbons (Fsp3) is 0.100. The van der Waals surface area contributed by atoms with E-state index in [4.69, 9.17) is 0 Å². The molecule has 0 aliphatic carbocycles. The number of non-ortho nitro benzene ring substituents is 1. The first-order valence-electron chi connectivity index (χ1n) is 4.16. The molecule has 0 N–H and O–H groups in total. The van der Waals surface area contributed by atoms with Gasteiger partial charge in [-0.05, 0) is 12.0 Å². The molecule has 7 heteroatoms. The largest absolute Gasteiger partial charge is 0.416 e. The van der Waals surface area contributed by atoms with Gasteiger partial charge in [-0.25, -0.2) is 0 Å². The summed E-state index contributed by atoms with van der Waals surface area (Å²) in [6.07, 6.45) is -4.52. The zero-order valence-electron chi connectivity index (χ0n) is 8.12. The number of carbonyl (C=O) groups excluding carboxylic acids is 1. The van der Waals surface area contributed by atoms with E-state index in [0.717, 1.165) is 6.07 Å². The van der Waals surface area contributed by atoms with E-state index >= 15 is 0 Å². The van der Waals surface area contributed by atoms with Crippen LogP contribution in [0.5, 0.6) is 0 Å². The summed E-state index contributed by atoms with van der Waals surface area (Å²) >= 11 is 0. The molecule has 0 fully saturated rings. The fourth-order valence-corrected chi connectivity index (χ4v) is 1.07. The summed E-state index contributed by atoms with van der Waals surface area (Å²) in [6.45, 7) is 0. The van der Waals surface area contributed by atoms with Gasteiger partial charge in [-0.1, -0.05) is 5.92 Å². The third-order valence-electron chi connectivity index (χ3n) is 1.73. The van der Waals surface area contributed by atoms with E-state index in [-0.39, 0.29) is 11.8 Å². The summed E-state index contributed by atoms with van der Waals surface area (Å²) < 4.78 is 37.2. The third-order valence-corrected chi connectivity index (χ3v) is 1.73. The molecule has 17 heavy (non-hydrogen) atoms. The predicted molar refractivity (Wildman–Crippen MR) is 51.0 cm³/mol. The Labute approximate surface area is 93.2 Å². The first-order chi connectivity index (χ1) is 7.84. The highest BCUT2D eigenvalue weighted by Gasteiger charge is 2.32. The van der Waals surface area contributed by atoms with Crippen LogP contribution in [0.2, 0.25) is 0 Å². The molecular formula is C10H4F3NO3. The van der Waals surface area contributed by atoms with Crippen molar-refractivity contribution in [1.82, 2.24) is 0 Å². The molecule has 0 atom stereocenters. The first kappa shape index (κ1) is 12.7. The maximum atomic E-state index is 12.4. The van der Waals surface area contributed by atoms with Gasteiger partial charge >= 0.3 is 6.18 Å². The molecule has 0 heterocycles. The smallest absolute Gasteiger partial charge is 0.289 e. The molecule has 0 amide bonds. The molecule has 0 saturated carbocycles. The van der Waals surface area contributed by atoms with Crippen LogP contribution in [-0.2, 0) is 11.0 Å². The zero-order valence-corrected chi connectivity index (χ0v) is 8.12. The summed E-state index contributed by atoms with van der Waals surface area (Å²) in [5.74, 6) is 3.97. The van der Waals surface area contributed by atoms with Gasteiger partial charge in [0.25, 0.3) is 5.69 Å². The van der Waals surface area contributed by atoms with Crippen LogP contribution in [0.15, 0.2) is 18.2 Å². The lowest BCUT2D eigenvalue weighted by Gasteiger charge is -2.06. The number of benzene rings is 1. The second-order valence-corrected chi connectivity index (χ2v) is 2.91. The van der Waals surface area contributed by atoms with E-state index in [1.807, 2.05) is 5.92 Å². The average Bonchev–Trinajstić information content (AvgIpc) is 2.24. The summed E-state index contributed by atoms with van der Waals surface area (Å²) in [4.78, 5) is 19.4. The van der Waals surface area contributed by atoms with Crippen molar-refractivity contribution in [2.24, 2.45) is 0 Å². The molecule has 0 aromatic heterocycles. The van der Waals surface area contributed by atoms with E-state index in [1.165, 1.54) is 0 Å². The molecule has 0 bridgehead atoms. The molecule has 0 aliphatic heterocycles. The minimum atomic E-state index is -4.70. The molecule has 0 radical (unpaired) electrons. The molecule has 88 valence electrons. The van der Waals surface area contributed by atoms with Crippen molar-refractivity contribution >= 4 is 12.0 Å². The van der Waals surface area contributed by atoms with E-state index in [0.29, 0.717) is 12.1 Å².